The fraction of sp³-hybridized carbons (Fsp3) is 0.464. The Bertz CT molecular complexity index is 1100. The van der Waals surface area contributed by atoms with Crippen LogP contribution in [-0.2, 0) is 14.3 Å². The average Bonchev–Trinajstić information content (AvgIpc) is 3.28. The molecule has 0 heterocycles. The molecule has 0 aliphatic heterocycles. The fourth-order valence-corrected chi connectivity index (χ4v) is 6.10. The van der Waals surface area contributed by atoms with Gasteiger partial charge in [0.15, 0.2) is 0 Å². The number of carboxylic acid groups (broad SMARTS) is 1. The van der Waals surface area contributed by atoms with Gasteiger partial charge >= 0.3 is 12.1 Å². The molecule has 184 valence electrons. The third kappa shape index (κ3) is 4.51. The molecule has 2 saturated carbocycles. The number of hydrogen-bond donors (Lipinski definition) is 3. The first kappa shape index (κ1) is 23.4. The molecule has 5 rings (SSSR count). The topological polar surface area (TPSA) is 105 Å². The van der Waals surface area contributed by atoms with Crippen LogP contribution in [0.1, 0.15) is 62.5 Å². The number of carbonyl (C=O) groups is 3. The van der Waals surface area contributed by atoms with E-state index in [0.717, 1.165) is 12.8 Å². The van der Waals surface area contributed by atoms with Gasteiger partial charge in [0.25, 0.3) is 0 Å². The molecule has 0 radical (unpaired) electrons. The van der Waals surface area contributed by atoms with Crippen molar-refractivity contribution in [2.75, 3.05) is 6.61 Å². The highest BCUT2D eigenvalue weighted by molar-refractivity contribution is 5.87. The second-order valence-corrected chi connectivity index (χ2v) is 10.2. The van der Waals surface area contributed by atoms with Gasteiger partial charge in [-0.3, -0.25) is 9.59 Å². The van der Waals surface area contributed by atoms with E-state index in [1.807, 2.05) is 31.2 Å². The zero-order valence-electron chi connectivity index (χ0n) is 20.0. The zero-order chi connectivity index (χ0) is 24.6. The highest BCUT2D eigenvalue weighted by Crippen LogP contribution is 2.63. The lowest BCUT2D eigenvalue weighted by atomic mass is 9.98. The summed E-state index contributed by atoms with van der Waals surface area (Å²) in [6.07, 6.45) is 2.92. The van der Waals surface area contributed by atoms with Gasteiger partial charge < -0.3 is 20.5 Å². The molecule has 3 aliphatic carbocycles. The molecular weight excluding hydrogens is 444 g/mol. The van der Waals surface area contributed by atoms with Crippen LogP contribution in [-0.4, -0.2) is 41.8 Å². The van der Waals surface area contributed by atoms with Crippen LogP contribution in [0.4, 0.5) is 4.79 Å². The molecular formula is C28H32N2O5. The van der Waals surface area contributed by atoms with Crippen LogP contribution in [0.5, 0.6) is 0 Å². The Hall–Kier alpha value is -3.35. The third-order valence-electron chi connectivity index (χ3n) is 8.06. The number of benzene rings is 2. The number of amides is 2. The molecule has 0 spiro atoms. The summed E-state index contributed by atoms with van der Waals surface area (Å²) in [5, 5.41) is 15.0. The molecule has 3 aliphatic rings. The molecule has 7 heteroatoms. The predicted octanol–water partition coefficient (Wildman–Crippen LogP) is 4.45. The Kier molecular flexibility index (Phi) is 6.26. The third-order valence-corrected chi connectivity index (χ3v) is 8.06. The van der Waals surface area contributed by atoms with Crippen LogP contribution in [0.25, 0.3) is 11.1 Å². The van der Waals surface area contributed by atoms with Gasteiger partial charge in [0.1, 0.15) is 6.61 Å². The number of hydrogen-bond acceptors (Lipinski definition) is 4. The number of fused-ring (bicyclic) bond motifs is 4. The maximum Gasteiger partial charge on any atom is 0.407 e. The molecule has 2 amide bonds. The largest absolute Gasteiger partial charge is 0.481 e. The van der Waals surface area contributed by atoms with Gasteiger partial charge in [-0.2, -0.15) is 0 Å². The maximum absolute atomic E-state index is 13.0. The quantitative estimate of drug-likeness (QED) is 0.496. The number of ether oxygens (including phenoxy) is 1. The van der Waals surface area contributed by atoms with E-state index < -0.39 is 17.5 Å². The van der Waals surface area contributed by atoms with Gasteiger partial charge in [-0.25, -0.2) is 4.79 Å². The summed E-state index contributed by atoms with van der Waals surface area (Å²) in [6, 6.07) is 16.2. The lowest BCUT2D eigenvalue weighted by Crippen LogP contribution is -2.42. The van der Waals surface area contributed by atoms with Gasteiger partial charge in [0.2, 0.25) is 5.91 Å². The lowest BCUT2D eigenvalue weighted by Gasteiger charge is -2.22. The molecule has 35 heavy (non-hydrogen) atoms. The first-order valence-electron chi connectivity index (χ1n) is 12.6. The standard InChI is InChI=1S/C28H32N2O5/c1-2-18(11-12-25(31)32)29-26(33)28-14-17(28)13-19(15-28)30-27(34)35-16-24-22-9-5-3-7-20(22)21-8-4-6-10-23(21)24/h3-10,17-19,24H,2,11-16H2,1H3,(H,29,33)(H,30,34)(H,31,32)/t17-,18?,19+,28+/m0/s1. The van der Waals surface area contributed by atoms with Gasteiger partial charge in [-0.05, 0) is 60.3 Å². The van der Waals surface area contributed by atoms with Crippen LogP contribution in [0.3, 0.4) is 0 Å². The number of carbonyl (C=O) groups excluding carboxylic acids is 2. The molecule has 2 aromatic carbocycles. The SMILES string of the molecule is CCC(CCC(=O)O)NC(=O)[C@]12C[C@H](NC(=O)OCC3c4ccccc4-c4ccccc43)C[C@H]1C2. The molecule has 4 atom stereocenters. The molecule has 0 saturated heterocycles. The summed E-state index contributed by atoms with van der Waals surface area (Å²) in [5.41, 5.74) is 4.29. The van der Waals surface area contributed by atoms with Crippen LogP contribution in [0, 0.1) is 11.3 Å². The minimum atomic E-state index is -0.853. The van der Waals surface area contributed by atoms with Crippen molar-refractivity contribution in [3.8, 4) is 11.1 Å². The Balaban J connectivity index is 1.14. The van der Waals surface area contributed by atoms with E-state index in [-0.39, 0.29) is 42.9 Å². The van der Waals surface area contributed by atoms with E-state index in [9.17, 15) is 14.4 Å². The first-order valence-corrected chi connectivity index (χ1v) is 12.6. The summed E-state index contributed by atoms with van der Waals surface area (Å²) in [5.74, 6) is -0.581. The van der Waals surface area contributed by atoms with Crippen molar-refractivity contribution in [2.24, 2.45) is 11.3 Å². The number of aliphatic carboxylic acids is 1. The van der Waals surface area contributed by atoms with Crippen molar-refractivity contribution >= 4 is 18.0 Å². The maximum atomic E-state index is 13.0. The second-order valence-electron chi connectivity index (χ2n) is 10.2. The van der Waals surface area contributed by atoms with Crippen molar-refractivity contribution in [1.29, 1.82) is 0 Å². The van der Waals surface area contributed by atoms with E-state index in [1.165, 1.54) is 22.3 Å². The van der Waals surface area contributed by atoms with E-state index >= 15 is 0 Å². The Morgan fingerprint density at radius 2 is 1.71 bits per heavy atom. The molecule has 3 N–H and O–H groups in total. The highest BCUT2D eigenvalue weighted by Gasteiger charge is 2.65. The smallest absolute Gasteiger partial charge is 0.407 e. The van der Waals surface area contributed by atoms with Crippen molar-refractivity contribution in [2.45, 2.75) is 63.5 Å². The monoisotopic (exact) mass is 476 g/mol. The Labute approximate surface area is 205 Å². The minimum absolute atomic E-state index is 0.00317. The van der Waals surface area contributed by atoms with Crippen LogP contribution < -0.4 is 10.6 Å². The first-order chi connectivity index (χ1) is 16.9. The average molecular weight is 477 g/mol. The van der Waals surface area contributed by atoms with Crippen LogP contribution in [0.15, 0.2) is 48.5 Å². The van der Waals surface area contributed by atoms with E-state index in [4.69, 9.17) is 9.84 Å². The lowest BCUT2D eigenvalue weighted by molar-refractivity contribution is -0.137. The van der Waals surface area contributed by atoms with E-state index in [1.54, 1.807) is 0 Å². The van der Waals surface area contributed by atoms with E-state index in [2.05, 4.69) is 34.9 Å². The summed E-state index contributed by atoms with van der Waals surface area (Å²) >= 11 is 0. The summed E-state index contributed by atoms with van der Waals surface area (Å²) in [4.78, 5) is 36.5. The Morgan fingerprint density at radius 1 is 1.06 bits per heavy atom. The zero-order valence-corrected chi connectivity index (χ0v) is 20.0. The predicted molar refractivity (Wildman–Crippen MR) is 131 cm³/mol. The van der Waals surface area contributed by atoms with Gasteiger partial charge in [-0.15, -0.1) is 0 Å². The number of alkyl carbamates (subject to hydrolysis) is 1. The van der Waals surface area contributed by atoms with Crippen molar-refractivity contribution in [3.63, 3.8) is 0 Å². The minimum Gasteiger partial charge on any atom is -0.481 e. The van der Waals surface area contributed by atoms with Gasteiger partial charge in [-0.1, -0.05) is 55.5 Å². The molecule has 2 fully saturated rings. The molecule has 0 bridgehead atoms. The number of nitrogens with one attached hydrogen (secondary N) is 2. The van der Waals surface area contributed by atoms with Gasteiger partial charge in [0.05, 0.1) is 5.41 Å². The van der Waals surface area contributed by atoms with Crippen molar-refractivity contribution in [1.82, 2.24) is 10.6 Å². The molecule has 7 nitrogen and oxygen atoms in total. The Morgan fingerprint density at radius 3 is 2.34 bits per heavy atom. The highest BCUT2D eigenvalue weighted by atomic mass is 16.5. The number of carboxylic acids is 1. The fourth-order valence-electron chi connectivity index (χ4n) is 6.10. The van der Waals surface area contributed by atoms with Crippen molar-refractivity contribution in [3.05, 3.63) is 59.7 Å². The summed E-state index contributed by atoms with van der Waals surface area (Å²) in [6.45, 7) is 2.22. The van der Waals surface area contributed by atoms with Crippen molar-refractivity contribution < 1.29 is 24.2 Å². The summed E-state index contributed by atoms with van der Waals surface area (Å²) < 4.78 is 5.68. The second kappa shape index (κ2) is 9.36. The molecule has 1 unspecified atom stereocenters. The molecule has 0 aromatic heterocycles. The summed E-state index contributed by atoms with van der Waals surface area (Å²) in [7, 11) is 0. The normalized spacial score (nSPS) is 24.6. The number of rotatable bonds is 9. The van der Waals surface area contributed by atoms with E-state index in [0.29, 0.717) is 19.3 Å². The van der Waals surface area contributed by atoms with Crippen LogP contribution in [0.2, 0.25) is 0 Å². The van der Waals surface area contributed by atoms with Gasteiger partial charge in [0, 0.05) is 24.4 Å². The van der Waals surface area contributed by atoms with Crippen LogP contribution >= 0.6 is 0 Å². The molecule has 2 aromatic rings.